The number of benzene rings is 1. The zero-order valence-electron chi connectivity index (χ0n) is 13.3. The summed E-state index contributed by atoms with van der Waals surface area (Å²) in [7, 11) is 0. The van der Waals surface area contributed by atoms with E-state index < -0.39 is 5.97 Å². The molecular weight excluding hydrogens is 324 g/mol. The summed E-state index contributed by atoms with van der Waals surface area (Å²) in [6.45, 7) is 3.44. The molecule has 1 amide bonds. The molecule has 1 saturated heterocycles. The Morgan fingerprint density at radius 1 is 1.17 bits per heavy atom. The Hall–Kier alpha value is -2.18. The van der Waals surface area contributed by atoms with Gasteiger partial charge in [-0.2, -0.15) is 0 Å². The molecule has 1 aromatic heterocycles. The molecular formula is C18H20N2O3S. The Kier molecular flexibility index (Phi) is 5.27. The molecule has 0 bridgehead atoms. The van der Waals surface area contributed by atoms with Gasteiger partial charge in [0.15, 0.2) is 0 Å². The van der Waals surface area contributed by atoms with E-state index in [-0.39, 0.29) is 10.8 Å². The molecule has 2 N–H and O–H groups in total. The molecule has 2 heterocycles. The third kappa shape index (κ3) is 4.01. The highest BCUT2D eigenvalue weighted by atomic mass is 32.1. The molecule has 5 nitrogen and oxygen atoms in total. The number of rotatable bonds is 6. The number of thiophene rings is 1. The number of amides is 1. The predicted octanol–water partition coefficient (Wildman–Crippen LogP) is 2.67. The first-order valence-corrected chi connectivity index (χ1v) is 8.84. The predicted molar refractivity (Wildman–Crippen MR) is 93.9 cm³/mol. The molecule has 2 aromatic rings. The molecule has 1 atom stereocenters. The van der Waals surface area contributed by atoms with Gasteiger partial charge in [0.1, 0.15) is 4.88 Å². The molecule has 24 heavy (non-hydrogen) atoms. The summed E-state index contributed by atoms with van der Waals surface area (Å²) in [6.07, 6.45) is 1.14. The van der Waals surface area contributed by atoms with Crippen molar-refractivity contribution in [2.75, 3.05) is 26.2 Å². The van der Waals surface area contributed by atoms with Crippen molar-refractivity contribution in [2.24, 2.45) is 0 Å². The average molecular weight is 344 g/mol. The van der Waals surface area contributed by atoms with E-state index in [1.54, 1.807) is 6.07 Å². The van der Waals surface area contributed by atoms with Crippen LogP contribution < -0.4 is 5.32 Å². The standard InChI is InChI=1S/C18H20N2O3S/c21-17(15-6-7-16(24-15)18(22)23)19-9-11-20-10-8-14(12-20)13-4-2-1-3-5-13/h1-7,14H,8-12H2,(H,19,21)(H,22,23). The number of hydrogen-bond donors (Lipinski definition) is 2. The molecule has 1 fully saturated rings. The number of likely N-dealkylation sites (tertiary alicyclic amines) is 1. The SMILES string of the molecule is O=C(O)c1ccc(C(=O)NCCN2CCC(c3ccccc3)C2)s1. The molecule has 1 aliphatic rings. The molecule has 1 aromatic carbocycles. The average Bonchev–Trinajstić information content (AvgIpc) is 3.25. The van der Waals surface area contributed by atoms with Gasteiger partial charge >= 0.3 is 5.97 Å². The number of nitrogens with zero attached hydrogens (tertiary/aromatic N) is 1. The van der Waals surface area contributed by atoms with Crippen LogP contribution >= 0.6 is 11.3 Å². The Balaban J connectivity index is 1.43. The van der Waals surface area contributed by atoms with E-state index in [0.717, 1.165) is 37.4 Å². The van der Waals surface area contributed by atoms with E-state index in [2.05, 4.69) is 34.5 Å². The van der Waals surface area contributed by atoms with E-state index in [0.29, 0.717) is 17.3 Å². The van der Waals surface area contributed by atoms with E-state index in [1.165, 1.54) is 11.6 Å². The van der Waals surface area contributed by atoms with Crippen LogP contribution in [0, 0.1) is 0 Å². The van der Waals surface area contributed by atoms with Crippen molar-refractivity contribution >= 4 is 23.2 Å². The van der Waals surface area contributed by atoms with E-state index in [9.17, 15) is 9.59 Å². The number of nitrogens with one attached hydrogen (secondary N) is 1. The summed E-state index contributed by atoms with van der Waals surface area (Å²) >= 11 is 1.00. The van der Waals surface area contributed by atoms with Crippen molar-refractivity contribution in [2.45, 2.75) is 12.3 Å². The van der Waals surface area contributed by atoms with Crippen molar-refractivity contribution in [1.29, 1.82) is 0 Å². The van der Waals surface area contributed by atoms with Gasteiger partial charge in [-0.25, -0.2) is 4.79 Å². The van der Waals surface area contributed by atoms with Crippen LogP contribution in [0.4, 0.5) is 0 Å². The van der Waals surface area contributed by atoms with Crippen molar-refractivity contribution in [3.63, 3.8) is 0 Å². The van der Waals surface area contributed by atoms with Crippen LogP contribution in [0.25, 0.3) is 0 Å². The minimum Gasteiger partial charge on any atom is -0.477 e. The Labute approximate surface area is 144 Å². The summed E-state index contributed by atoms with van der Waals surface area (Å²) in [5.41, 5.74) is 1.38. The van der Waals surface area contributed by atoms with Gasteiger partial charge in [0.25, 0.3) is 5.91 Å². The van der Waals surface area contributed by atoms with Gasteiger partial charge in [0.05, 0.1) is 4.88 Å². The second-order valence-corrected chi connectivity index (χ2v) is 7.01. The minimum atomic E-state index is -0.997. The fourth-order valence-corrected chi connectivity index (χ4v) is 3.78. The van der Waals surface area contributed by atoms with E-state index >= 15 is 0 Å². The Morgan fingerprint density at radius 3 is 2.62 bits per heavy atom. The van der Waals surface area contributed by atoms with E-state index in [4.69, 9.17) is 5.11 Å². The summed E-state index contributed by atoms with van der Waals surface area (Å²) in [4.78, 5) is 25.9. The molecule has 0 radical (unpaired) electrons. The van der Waals surface area contributed by atoms with Crippen molar-refractivity contribution in [1.82, 2.24) is 10.2 Å². The lowest BCUT2D eigenvalue weighted by molar-refractivity contribution is 0.0702. The smallest absolute Gasteiger partial charge is 0.345 e. The first-order chi connectivity index (χ1) is 11.6. The quantitative estimate of drug-likeness (QED) is 0.845. The van der Waals surface area contributed by atoms with Crippen molar-refractivity contribution in [3.8, 4) is 0 Å². The fraction of sp³-hybridized carbons (Fsp3) is 0.333. The Morgan fingerprint density at radius 2 is 1.92 bits per heavy atom. The number of carboxylic acids is 1. The number of carbonyl (C=O) groups is 2. The van der Waals surface area contributed by atoms with E-state index in [1.807, 2.05) is 6.07 Å². The highest BCUT2D eigenvalue weighted by Crippen LogP contribution is 2.26. The second-order valence-electron chi connectivity index (χ2n) is 5.92. The maximum Gasteiger partial charge on any atom is 0.345 e. The summed E-state index contributed by atoms with van der Waals surface area (Å²) in [5.74, 6) is -0.633. The van der Waals surface area contributed by atoms with Gasteiger partial charge in [-0.3, -0.25) is 4.79 Å². The highest BCUT2D eigenvalue weighted by molar-refractivity contribution is 7.15. The van der Waals surface area contributed by atoms with Crippen LogP contribution in [0.3, 0.4) is 0 Å². The third-order valence-corrected chi connectivity index (χ3v) is 5.37. The number of aromatic carboxylic acids is 1. The highest BCUT2D eigenvalue weighted by Gasteiger charge is 2.23. The van der Waals surface area contributed by atoms with Gasteiger partial charge in [-0.1, -0.05) is 30.3 Å². The fourth-order valence-electron chi connectivity index (χ4n) is 3.02. The number of hydrogen-bond acceptors (Lipinski definition) is 4. The zero-order chi connectivity index (χ0) is 16.9. The van der Waals surface area contributed by atoms with Gasteiger partial charge < -0.3 is 15.3 Å². The maximum atomic E-state index is 12.0. The lowest BCUT2D eigenvalue weighted by Gasteiger charge is -2.16. The van der Waals surface area contributed by atoms with Gasteiger partial charge in [-0.05, 0) is 36.6 Å². The summed E-state index contributed by atoms with van der Waals surface area (Å²) in [6, 6.07) is 13.6. The lowest BCUT2D eigenvalue weighted by Crippen LogP contribution is -2.33. The second kappa shape index (κ2) is 7.59. The molecule has 0 saturated carbocycles. The lowest BCUT2D eigenvalue weighted by atomic mass is 9.99. The van der Waals surface area contributed by atoms with Gasteiger partial charge in [0.2, 0.25) is 0 Å². The first-order valence-electron chi connectivity index (χ1n) is 8.02. The van der Waals surface area contributed by atoms with Crippen molar-refractivity contribution in [3.05, 3.63) is 57.8 Å². The largest absolute Gasteiger partial charge is 0.477 e. The van der Waals surface area contributed by atoms with Crippen LogP contribution in [-0.2, 0) is 0 Å². The molecule has 0 aliphatic carbocycles. The summed E-state index contributed by atoms with van der Waals surface area (Å²) in [5, 5.41) is 11.8. The molecule has 6 heteroatoms. The molecule has 1 unspecified atom stereocenters. The summed E-state index contributed by atoms with van der Waals surface area (Å²) < 4.78 is 0. The van der Waals surface area contributed by atoms with Gasteiger partial charge in [0, 0.05) is 19.6 Å². The molecule has 3 rings (SSSR count). The van der Waals surface area contributed by atoms with Crippen molar-refractivity contribution < 1.29 is 14.7 Å². The van der Waals surface area contributed by atoms with Crippen LogP contribution in [-0.4, -0.2) is 48.1 Å². The monoisotopic (exact) mass is 344 g/mol. The maximum absolute atomic E-state index is 12.0. The number of carbonyl (C=O) groups excluding carboxylic acids is 1. The van der Waals surface area contributed by atoms with Crippen LogP contribution in [0.5, 0.6) is 0 Å². The Bertz CT molecular complexity index is 714. The van der Waals surface area contributed by atoms with Crippen LogP contribution in [0.1, 0.15) is 37.2 Å². The normalized spacial score (nSPS) is 17.8. The van der Waals surface area contributed by atoms with Crippen LogP contribution in [0.15, 0.2) is 42.5 Å². The topological polar surface area (TPSA) is 69.6 Å². The minimum absolute atomic E-state index is 0.186. The third-order valence-electron chi connectivity index (χ3n) is 4.30. The van der Waals surface area contributed by atoms with Gasteiger partial charge in [-0.15, -0.1) is 11.3 Å². The molecule has 1 aliphatic heterocycles. The molecule has 0 spiro atoms. The first kappa shape index (κ1) is 16.7. The number of carboxylic acid groups (broad SMARTS) is 1. The molecule has 126 valence electrons. The zero-order valence-corrected chi connectivity index (χ0v) is 14.1. The van der Waals surface area contributed by atoms with Crippen LogP contribution in [0.2, 0.25) is 0 Å².